The topological polar surface area (TPSA) is 70.6 Å². The molecule has 1 aromatic carbocycles. The number of carbonyl (C=O) groups excluding carboxylic acids is 1. The first-order valence-electron chi connectivity index (χ1n) is 9.73. The van der Waals surface area contributed by atoms with Crippen molar-refractivity contribution in [1.29, 1.82) is 0 Å². The van der Waals surface area contributed by atoms with E-state index >= 15 is 0 Å². The van der Waals surface area contributed by atoms with E-state index in [0.717, 1.165) is 12.1 Å². The van der Waals surface area contributed by atoms with Crippen LogP contribution in [0.1, 0.15) is 35.5 Å². The first-order valence-corrected chi connectivity index (χ1v) is 9.73. The summed E-state index contributed by atoms with van der Waals surface area (Å²) in [6.45, 7) is 6.45. The van der Waals surface area contributed by atoms with Crippen LogP contribution in [0.3, 0.4) is 0 Å². The number of hydrogen-bond donors (Lipinski definition) is 1. The molecule has 4 rings (SSSR count). The zero-order valence-electron chi connectivity index (χ0n) is 16.7. The van der Waals surface area contributed by atoms with Crippen molar-refractivity contribution in [3.05, 3.63) is 41.1 Å². The molecular weight excluding hydrogens is 399 g/mol. The molecule has 1 amide bonds. The van der Waals surface area contributed by atoms with Gasteiger partial charge in [0.1, 0.15) is 11.5 Å². The van der Waals surface area contributed by atoms with Crippen LogP contribution in [0.25, 0.3) is 0 Å². The molecule has 0 bridgehead atoms. The Hall–Kier alpha value is -2.88. The summed E-state index contributed by atoms with van der Waals surface area (Å²) in [6, 6.07) is 4.71. The first-order chi connectivity index (χ1) is 14.2. The van der Waals surface area contributed by atoms with E-state index in [1.807, 2.05) is 18.7 Å². The van der Waals surface area contributed by atoms with Gasteiger partial charge in [0.05, 0.1) is 25.3 Å². The van der Waals surface area contributed by atoms with Crippen molar-refractivity contribution >= 4 is 23.4 Å². The van der Waals surface area contributed by atoms with Crippen molar-refractivity contribution in [2.75, 3.05) is 36.5 Å². The van der Waals surface area contributed by atoms with Crippen molar-refractivity contribution < 1.29 is 22.7 Å². The molecule has 1 saturated heterocycles. The molecule has 0 radical (unpaired) electrons. The van der Waals surface area contributed by atoms with Crippen LogP contribution in [0.5, 0.6) is 0 Å². The number of rotatable bonds is 4. The number of fused-ring (bicyclic) bond motifs is 1. The molecule has 0 unspecified atom stereocenters. The Kier molecular flexibility index (Phi) is 5.27. The lowest BCUT2D eigenvalue weighted by atomic mass is 10.2. The van der Waals surface area contributed by atoms with Crippen LogP contribution in [0, 0.1) is 0 Å². The maximum Gasteiger partial charge on any atom is 0.416 e. The van der Waals surface area contributed by atoms with Gasteiger partial charge in [-0.25, -0.2) is 4.98 Å². The summed E-state index contributed by atoms with van der Waals surface area (Å²) in [4.78, 5) is 25.6. The lowest BCUT2D eigenvalue weighted by Gasteiger charge is -2.27. The monoisotopic (exact) mass is 421 g/mol. The number of anilines is 3. The number of benzene rings is 1. The second-order valence-electron chi connectivity index (χ2n) is 7.53. The van der Waals surface area contributed by atoms with E-state index in [0.29, 0.717) is 61.6 Å². The van der Waals surface area contributed by atoms with Gasteiger partial charge in [0.25, 0.3) is 5.91 Å². The van der Waals surface area contributed by atoms with E-state index in [2.05, 4.69) is 15.3 Å². The highest BCUT2D eigenvalue weighted by Crippen LogP contribution is 2.34. The number of morpholine rings is 1. The fourth-order valence-corrected chi connectivity index (χ4v) is 3.48. The molecule has 10 heteroatoms. The zero-order valence-corrected chi connectivity index (χ0v) is 16.7. The largest absolute Gasteiger partial charge is 0.416 e. The van der Waals surface area contributed by atoms with Crippen molar-refractivity contribution in [2.45, 2.75) is 32.6 Å². The van der Waals surface area contributed by atoms with Crippen LogP contribution >= 0.6 is 0 Å². The third-order valence-corrected chi connectivity index (χ3v) is 5.18. The molecule has 2 aliphatic heterocycles. The molecule has 7 nitrogen and oxygen atoms in total. The van der Waals surface area contributed by atoms with Gasteiger partial charge in [-0.05, 0) is 38.1 Å². The number of carbonyl (C=O) groups is 1. The van der Waals surface area contributed by atoms with E-state index < -0.39 is 11.7 Å². The molecule has 1 aromatic heterocycles. The van der Waals surface area contributed by atoms with Gasteiger partial charge in [-0.3, -0.25) is 4.79 Å². The number of nitrogens with one attached hydrogen (secondary N) is 1. The molecule has 3 heterocycles. The van der Waals surface area contributed by atoms with Crippen molar-refractivity contribution in [1.82, 2.24) is 14.9 Å². The smallest absolute Gasteiger partial charge is 0.378 e. The molecule has 160 valence electrons. The summed E-state index contributed by atoms with van der Waals surface area (Å²) < 4.78 is 43.9. The summed E-state index contributed by atoms with van der Waals surface area (Å²) in [7, 11) is 0. The third-order valence-electron chi connectivity index (χ3n) is 5.18. The maximum absolute atomic E-state index is 12.9. The highest BCUT2D eigenvalue weighted by molar-refractivity contribution is 5.98. The number of halogens is 3. The number of nitrogens with zero attached hydrogens (tertiary/aromatic N) is 4. The van der Waals surface area contributed by atoms with Gasteiger partial charge >= 0.3 is 6.18 Å². The minimum absolute atomic E-state index is 0.0162. The van der Waals surface area contributed by atoms with E-state index in [1.54, 1.807) is 4.90 Å². The molecular formula is C20H22F3N5O2. The fraction of sp³-hybridized carbons (Fsp3) is 0.450. The Bertz CT molecular complexity index is 941. The fourth-order valence-electron chi connectivity index (χ4n) is 3.48. The summed E-state index contributed by atoms with van der Waals surface area (Å²) in [5.41, 5.74) is 0.698. The minimum Gasteiger partial charge on any atom is -0.378 e. The van der Waals surface area contributed by atoms with Crippen molar-refractivity contribution in [2.24, 2.45) is 0 Å². The lowest BCUT2D eigenvalue weighted by Crippen LogP contribution is -2.37. The van der Waals surface area contributed by atoms with Gasteiger partial charge in [0.15, 0.2) is 0 Å². The molecule has 0 saturated carbocycles. The Labute approximate surface area is 171 Å². The first kappa shape index (κ1) is 20.4. The number of alkyl halides is 3. The van der Waals surface area contributed by atoms with Gasteiger partial charge in [-0.2, -0.15) is 18.2 Å². The zero-order chi connectivity index (χ0) is 21.5. The highest BCUT2D eigenvalue weighted by Gasteiger charge is 2.35. The van der Waals surface area contributed by atoms with Gasteiger partial charge < -0.3 is 19.9 Å². The molecule has 0 aliphatic carbocycles. The second-order valence-corrected chi connectivity index (χ2v) is 7.53. The van der Waals surface area contributed by atoms with Gasteiger partial charge in [0.2, 0.25) is 5.95 Å². The number of ether oxygens (including phenoxy) is 1. The number of hydrogen-bond acceptors (Lipinski definition) is 6. The van der Waals surface area contributed by atoms with Crippen molar-refractivity contribution in [3.63, 3.8) is 0 Å². The van der Waals surface area contributed by atoms with Gasteiger partial charge in [0, 0.05) is 30.4 Å². The van der Waals surface area contributed by atoms with Gasteiger partial charge in [-0.1, -0.05) is 0 Å². The van der Waals surface area contributed by atoms with E-state index in [-0.39, 0.29) is 11.9 Å². The number of aromatic nitrogens is 2. The molecule has 1 fully saturated rings. The van der Waals surface area contributed by atoms with E-state index in [4.69, 9.17) is 4.74 Å². The molecule has 2 aromatic rings. The molecule has 0 atom stereocenters. The molecule has 30 heavy (non-hydrogen) atoms. The second kappa shape index (κ2) is 7.75. The van der Waals surface area contributed by atoms with Crippen LogP contribution in [0.2, 0.25) is 0 Å². The van der Waals surface area contributed by atoms with Gasteiger partial charge in [-0.15, -0.1) is 0 Å². The van der Waals surface area contributed by atoms with Crippen LogP contribution in [0.15, 0.2) is 24.3 Å². The number of amides is 1. The quantitative estimate of drug-likeness (QED) is 0.816. The van der Waals surface area contributed by atoms with E-state index in [9.17, 15) is 18.0 Å². The average molecular weight is 421 g/mol. The van der Waals surface area contributed by atoms with Crippen LogP contribution in [0.4, 0.5) is 30.6 Å². The summed E-state index contributed by atoms with van der Waals surface area (Å²) in [6.07, 6.45) is -4.40. The Balaban J connectivity index is 1.70. The Morgan fingerprint density at radius 2 is 1.77 bits per heavy atom. The predicted molar refractivity (Wildman–Crippen MR) is 105 cm³/mol. The Morgan fingerprint density at radius 3 is 2.37 bits per heavy atom. The molecule has 0 spiro atoms. The Morgan fingerprint density at radius 1 is 1.10 bits per heavy atom. The summed E-state index contributed by atoms with van der Waals surface area (Å²) in [5.74, 6) is 0.663. The van der Waals surface area contributed by atoms with Crippen LogP contribution in [-0.4, -0.2) is 53.1 Å². The molecule has 2 aliphatic rings. The lowest BCUT2D eigenvalue weighted by molar-refractivity contribution is -0.137. The molecule has 1 N–H and O–H groups in total. The normalized spacial score (nSPS) is 16.9. The standard InChI is InChI=1S/C20H22F3N5O2/c1-12(2)28-11-15-16(18(28)29)25-19(27-7-9-30-10-8-27)26-17(15)24-14-5-3-13(4-6-14)20(21,22)23/h3-6,12H,7-11H2,1-2H3,(H,24,25,26). The van der Waals surface area contributed by atoms with Crippen LogP contribution in [-0.2, 0) is 17.5 Å². The third kappa shape index (κ3) is 3.91. The average Bonchev–Trinajstić information content (AvgIpc) is 3.06. The summed E-state index contributed by atoms with van der Waals surface area (Å²) in [5, 5.41) is 3.09. The minimum atomic E-state index is -4.40. The van der Waals surface area contributed by atoms with Crippen LogP contribution < -0.4 is 10.2 Å². The maximum atomic E-state index is 12.9. The summed E-state index contributed by atoms with van der Waals surface area (Å²) >= 11 is 0. The SMILES string of the molecule is CC(C)N1Cc2c(Nc3ccc(C(F)(F)F)cc3)nc(N3CCOCC3)nc2C1=O. The predicted octanol–water partition coefficient (Wildman–Crippen LogP) is 3.44. The van der Waals surface area contributed by atoms with E-state index in [1.165, 1.54) is 12.1 Å². The highest BCUT2D eigenvalue weighted by atomic mass is 19.4. The van der Waals surface area contributed by atoms with Crippen molar-refractivity contribution in [3.8, 4) is 0 Å².